The van der Waals surface area contributed by atoms with E-state index in [0.29, 0.717) is 16.4 Å². The van der Waals surface area contributed by atoms with Gasteiger partial charge in [0.2, 0.25) is 11.8 Å². The highest BCUT2D eigenvalue weighted by Crippen LogP contribution is 2.21. The van der Waals surface area contributed by atoms with Gasteiger partial charge in [-0.05, 0) is 50.6 Å². The predicted molar refractivity (Wildman–Crippen MR) is 118 cm³/mol. The second-order valence-corrected chi connectivity index (χ2v) is 8.06. The van der Waals surface area contributed by atoms with E-state index in [1.807, 2.05) is 0 Å². The molecular weight excluding hydrogens is 406 g/mol. The number of rotatable bonds is 7. The first kappa shape index (κ1) is 23.2. The molecule has 30 heavy (non-hydrogen) atoms. The number of carbonyl (C=O) groups is 3. The maximum atomic E-state index is 12.3. The zero-order chi connectivity index (χ0) is 22.1. The third-order valence-electron chi connectivity index (χ3n) is 3.77. The van der Waals surface area contributed by atoms with Crippen LogP contribution in [0.2, 0.25) is 5.02 Å². The number of nitrogens with one attached hydrogen (secondary N) is 3. The van der Waals surface area contributed by atoms with E-state index in [2.05, 4.69) is 16.0 Å². The largest absolute Gasteiger partial charge is 0.444 e. The van der Waals surface area contributed by atoms with Crippen LogP contribution in [0.5, 0.6) is 0 Å². The first-order valence-electron chi connectivity index (χ1n) is 9.52. The van der Waals surface area contributed by atoms with Gasteiger partial charge >= 0.3 is 6.09 Å². The van der Waals surface area contributed by atoms with Gasteiger partial charge in [0, 0.05) is 18.0 Å². The number of amides is 3. The molecule has 0 aliphatic rings. The highest BCUT2D eigenvalue weighted by molar-refractivity contribution is 6.30. The number of anilines is 2. The van der Waals surface area contributed by atoms with Crippen LogP contribution in [0.4, 0.5) is 16.2 Å². The van der Waals surface area contributed by atoms with E-state index in [9.17, 15) is 14.4 Å². The smallest absolute Gasteiger partial charge is 0.407 e. The van der Waals surface area contributed by atoms with Gasteiger partial charge in [0.15, 0.2) is 0 Å². The van der Waals surface area contributed by atoms with Crippen molar-refractivity contribution in [1.82, 2.24) is 5.32 Å². The van der Waals surface area contributed by atoms with Crippen LogP contribution < -0.4 is 16.0 Å². The van der Waals surface area contributed by atoms with Crippen molar-refractivity contribution >= 4 is 40.9 Å². The number of halogens is 1. The fourth-order valence-corrected chi connectivity index (χ4v) is 2.61. The van der Waals surface area contributed by atoms with Crippen LogP contribution in [0, 0.1) is 0 Å². The SMILES string of the molecule is CC(C)(C)OC(=O)NCCC(=O)Nc1ccccc1NC(=O)Cc1ccc(Cl)cc1. The Labute approximate surface area is 181 Å². The van der Waals surface area contributed by atoms with Crippen LogP contribution >= 0.6 is 11.6 Å². The minimum Gasteiger partial charge on any atom is -0.444 e. The molecule has 0 saturated heterocycles. The van der Waals surface area contributed by atoms with Crippen molar-refractivity contribution in [2.75, 3.05) is 17.2 Å². The Hall–Kier alpha value is -3.06. The van der Waals surface area contributed by atoms with E-state index in [4.69, 9.17) is 16.3 Å². The van der Waals surface area contributed by atoms with Gasteiger partial charge in [-0.2, -0.15) is 0 Å². The maximum absolute atomic E-state index is 12.3. The number of hydrogen-bond donors (Lipinski definition) is 3. The highest BCUT2D eigenvalue weighted by Gasteiger charge is 2.16. The first-order chi connectivity index (χ1) is 14.1. The van der Waals surface area contributed by atoms with Crippen LogP contribution in [0.1, 0.15) is 32.8 Å². The number of hydrogen-bond acceptors (Lipinski definition) is 4. The minimum absolute atomic E-state index is 0.0618. The summed E-state index contributed by atoms with van der Waals surface area (Å²) in [5.41, 5.74) is 1.19. The summed E-state index contributed by atoms with van der Waals surface area (Å²) < 4.78 is 5.12. The molecule has 0 unspecified atom stereocenters. The number of ether oxygens (including phenoxy) is 1. The molecule has 0 spiro atoms. The van der Waals surface area contributed by atoms with Gasteiger partial charge in [-0.15, -0.1) is 0 Å². The average molecular weight is 432 g/mol. The zero-order valence-electron chi connectivity index (χ0n) is 17.3. The Kier molecular flexibility index (Phi) is 8.24. The molecule has 3 N–H and O–H groups in total. The van der Waals surface area contributed by atoms with Gasteiger partial charge in [0.1, 0.15) is 5.60 Å². The molecule has 0 radical (unpaired) electrons. The maximum Gasteiger partial charge on any atom is 0.407 e. The molecular formula is C22H26ClN3O4. The van der Waals surface area contributed by atoms with E-state index in [1.165, 1.54) is 0 Å². The number of carbonyl (C=O) groups excluding carboxylic acids is 3. The highest BCUT2D eigenvalue weighted by atomic mass is 35.5. The third kappa shape index (κ3) is 8.53. The van der Waals surface area contributed by atoms with E-state index >= 15 is 0 Å². The third-order valence-corrected chi connectivity index (χ3v) is 4.03. The van der Waals surface area contributed by atoms with Gasteiger partial charge < -0.3 is 20.7 Å². The lowest BCUT2D eigenvalue weighted by Gasteiger charge is -2.19. The molecule has 0 saturated carbocycles. The van der Waals surface area contributed by atoms with Crippen molar-refractivity contribution in [3.05, 3.63) is 59.1 Å². The van der Waals surface area contributed by atoms with Crippen molar-refractivity contribution in [1.29, 1.82) is 0 Å². The lowest BCUT2D eigenvalue weighted by atomic mass is 10.1. The first-order valence-corrected chi connectivity index (χ1v) is 9.90. The zero-order valence-corrected chi connectivity index (χ0v) is 18.0. The lowest BCUT2D eigenvalue weighted by Crippen LogP contribution is -2.34. The van der Waals surface area contributed by atoms with Crippen LogP contribution in [0.25, 0.3) is 0 Å². The molecule has 0 fully saturated rings. The summed E-state index contributed by atoms with van der Waals surface area (Å²) >= 11 is 5.86. The van der Waals surface area contributed by atoms with E-state index in [1.54, 1.807) is 69.3 Å². The summed E-state index contributed by atoms with van der Waals surface area (Å²) in [5, 5.41) is 8.69. The topological polar surface area (TPSA) is 96.5 Å². The molecule has 8 heteroatoms. The molecule has 2 aromatic carbocycles. The average Bonchev–Trinajstić information content (AvgIpc) is 2.64. The molecule has 0 atom stereocenters. The van der Waals surface area contributed by atoms with E-state index in [-0.39, 0.29) is 31.2 Å². The summed E-state index contributed by atoms with van der Waals surface area (Å²) in [6.45, 7) is 5.41. The molecule has 0 aromatic heterocycles. The molecule has 160 valence electrons. The van der Waals surface area contributed by atoms with E-state index in [0.717, 1.165) is 5.56 Å². The number of alkyl carbamates (subject to hydrolysis) is 1. The standard InChI is InChI=1S/C22H26ClN3O4/c1-22(2,3)30-21(29)24-13-12-19(27)25-17-6-4-5-7-18(17)26-20(28)14-15-8-10-16(23)11-9-15/h4-11H,12-14H2,1-3H3,(H,24,29)(H,25,27)(H,26,28). The summed E-state index contributed by atoms with van der Waals surface area (Å²) in [6.07, 6.45) is -0.337. The van der Waals surface area contributed by atoms with Gasteiger partial charge in [-0.3, -0.25) is 9.59 Å². The summed E-state index contributed by atoms with van der Waals surface area (Å²) in [4.78, 5) is 36.2. The Morgan fingerprint density at radius 1 is 0.900 bits per heavy atom. The molecule has 2 rings (SSSR count). The summed E-state index contributed by atoms with van der Waals surface area (Å²) in [7, 11) is 0. The van der Waals surface area contributed by atoms with Gasteiger partial charge in [-0.1, -0.05) is 35.9 Å². The Morgan fingerprint density at radius 2 is 1.47 bits per heavy atom. The Morgan fingerprint density at radius 3 is 2.03 bits per heavy atom. The number of para-hydroxylation sites is 2. The molecule has 0 bridgehead atoms. The van der Waals surface area contributed by atoms with Crippen molar-refractivity contribution in [3.63, 3.8) is 0 Å². The second-order valence-electron chi connectivity index (χ2n) is 7.62. The lowest BCUT2D eigenvalue weighted by molar-refractivity contribution is -0.116. The van der Waals surface area contributed by atoms with Crippen LogP contribution in [0.15, 0.2) is 48.5 Å². The van der Waals surface area contributed by atoms with Crippen molar-refractivity contribution < 1.29 is 19.1 Å². The Balaban J connectivity index is 1.86. The van der Waals surface area contributed by atoms with Crippen LogP contribution in [-0.4, -0.2) is 30.1 Å². The summed E-state index contributed by atoms with van der Waals surface area (Å²) in [6, 6.07) is 13.9. The fraction of sp³-hybridized carbons (Fsp3) is 0.318. The van der Waals surface area contributed by atoms with Crippen molar-refractivity contribution in [2.45, 2.75) is 39.2 Å². The van der Waals surface area contributed by atoms with Crippen molar-refractivity contribution in [3.8, 4) is 0 Å². The van der Waals surface area contributed by atoms with Gasteiger partial charge in [0.25, 0.3) is 0 Å². The van der Waals surface area contributed by atoms with Crippen LogP contribution in [0.3, 0.4) is 0 Å². The summed E-state index contributed by atoms with van der Waals surface area (Å²) in [5.74, 6) is -0.518. The normalized spacial score (nSPS) is 10.8. The van der Waals surface area contributed by atoms with Crippen molar-refractivity contribution in [2.24, 2.45) is 0 Å². The molecule has 2 aromatic rings. The molecule has 0 aliphatic carbocycles. The Bertz CT molecular complexity index is 892. The molecule has 3 amide bonds. The van der Waals surface area contributed by atoms with E-state index < -0.39 is 11.7 Å². The second kappa shape index (κ2) is 10.6. The predicted octanol–water partition coefficient (Wildman–Crippen LogP) is 4.37. The fourth-order valence-electron chi connectivity index (χ4n) is 2.49. The number of benzene rings is 2. The minimum atomic E-state index is -0.602. The molecule has 0 heterocycles. The molecule has 0 aliphatic heterocycles. The monoisotopic (exact) mass is 431 g/mol. The van der Waals surface area contributed by atoms with Crippen LogP contribution in [-0.2, 0) is 20.7 Å². The van der Waals surface area contributed by atoms with Gasteiger partial charge in [0.05, 0.1) is 17.8 Å². The molecule has 7 nitrogen and oxygen atoms in total. The quantitative estimate of drug-likeness (QED) is 0.606. The van der Waals surface area contributed by atoms with Gasteiger partial charge in [-0.25, -0.2) is 4.79 Å².